The van der Waals surface area contributed by atoms with E-state index >= 15 is 0 Å². The van der Waals surface area contributed by atoms with Crippen LogP contribution in [0.1, 0.15) is 6.42 Å². The van der Waals surface area contributed by atoms with Gasteiger partial charge in [0.15, 0.2) is 0 Å². The molecule has 4 heterocycles. The molecule has 0 aromatic carbocycles. The van der Waals surface area contributed by atoms with Gasteiger partial charge in [0.25, 0.3) is 0 Å². The largest absolute Gasteiger partial charge is 0.366 e. The predicted molar refractivity (Wildman–Crippen MR) is 88.3 cm³/mol. The number of pyridine rings is 2. The summed E-state index contributed by atoms with van der Waals surface area (Å²) in [5.41, 5.74) is 2.68. The number of hydrogen-bond acceptors (Lipinski definition) is 4. The first-order valence-corrected chi connectivity index (χ1v) is 7.75. The van der Waals surface area contributed by atoms with E-state index in [1.165, 1.54) is 0 Å². The minimum atomic E-state index is 0.444. The van der Waals surface area contributed by atoms with Crippen molar-refractivity contribution < 1.29 is 0 Å². The lowest BCUT2D eigenvalue weighted by Gasteiger charge is -2.12. The summed E-state index contributed by atoms with van der Waals surface area (Å²) in [6.45, 7) is 2.04. The van der Waals surface area contributed by atoms with Gasteiger partial charge < -0.3 is 10.6 Å². The molecule has 112 valence electrons. The fourth-order valence-electron chi connectivity index (χ4n) is 2.79. The van der Waals surface area contributed by atoms with Gasteiger partial charge in [-0.15, -0.1) is 0 Å². The monoisotopic (exact) mass is 313 g/mol. The number of hydrogen-bond donors (Lipinski definition) is 2. The molecule has 0 spiro atoms. The number of aromatic nitrogens is 3. The van der Waals surface area contributed by atoms with Crippen LogP contribution in [0.25, 0.3) is 17.0 Å². The van der Waals surface area contributed by atoms with Crippen molar-refractivity contribution >= 4 is 23.1 Å². The molecule has 2 N–H and O–H groups in total. The second-order valence-electron chi connectivity index (χ2n) is 5.46. The molecule has 6 heteroatoms. The van der Waals surface area contributed by atoms with Crippen molar-refractivity contribution in [1.82, 2.24) is 19.7 Å². The third kappa shape index (κ3) is 2.53. The van der Waals surface area contributed by atoms with Gasteiger partial charge in [0.2, 0.25) is 0 Å². The smallest absolute Gasteiger partial charge is 0.137 e. The van der Waals surface area contributed by atoms with Gasteiger partial charge >= 0.3 is 0 Å². The fourth-order valence-corrected chi connectivity index (χ4v) is 2.95. The van der Waals surface area contributed by atoms with Crippen LogP contribution in [0.5, 0.6) is 0 Å². The maximum atomic E-state index is 6.09. The Kier molecular flexibility index (Phi) is 3.44. The molecule has 0 bridgehead atoms. The van der Waals surface area contributed by atoms with Gasteiger partial charge in [-0.25, -0.2) is 9.97 Å². The van der Waals surface area contributed by atoms with Crippen LogP contribution in [0.4, 0.5) is 5.82 Å². The minimum absolute atomic E-state index is 0.444. The summed E-state index contributed by atoms with van der Waals surface area (Å²) in [5, 5.41) is 7.50. The summed E-state index contributed by atoms with van der Waals surface area (Å²) in [4.78, 5) is 9.12. The summed E-state index contributed by atoms with van der Waals surface area (Å²) < 4.78 is 1.96. The van der Waals surface area contributed by atoms with E-state index in [9.17, 15) is 0 Å². The zero-order chi connectivity index (χ0) is 14.9. The highest BCUT2D eigenvalue weighted by Crippen LogP contribution is 2.22. The Labute approximate surface area is 133 Å². The van der Waals surface area contributed by atoms with Crippen molar-refractivity contribution in [2.24, 2.45) is 0 Å². The highest BCUT2D eigenvalue weighted by molar-refractivity contribution is 6.30. The molecule has 0 amide bonds. The van der Waals surface area contributed by atoms with Crippen LogP contribution in [0.2, 0.25) is 5.02 Å². The summed E-state index contributed by atoms with van der Waals surface area (Å²) in [6.07, 6.45) is 4.81. The van der Waals surface area contributed by atoms with E-state index in [-0.39, 0.29) is 0 Å². The van der Waals surface area contributed by atoms with Crippen LogP contribution in [-0.2, 0) is 0 Å². The average molecular weight is 314 g/mol. The van der Waals surface area contributed by atoms with E-state index in [0.717, 1.165) is 42.4 Å². The molecular formula is C16H16ClN5. The molecule has 1 atom stereocenters. The Morgan fingerprint density at radius 3 is 3.09 bits per heavy atom. The van der Waals surface area contributed by atoms with E-state index in [0.29, 0.717) is 11.1 Å². The summed E-state index contributed by atoms with van der Waals surface area (Å²) in [7, 11) is 0. The van der Waals surface area contributed by atoms with E-state index in [2.05, 4.69) is 15.6 Å². The standard InChI is InChI=1S/C16H16ClN5/c17-11-4-5-16-19-9-14(22(16)10-11)13-2-1-3-15(21-13)20-12-6-7-18-8-12/h1-5,9-10,12,18H,6-8H2,(H,20,21). The van der Waals surface area contributed by atoms with Crippen LogP contribution < -0.4 is 10.6 Å². The first-order valence-electron chi connectivity index (χ1n) is 7.37. The Hall–Kier alpha value is -2.11. The number of fused-ring (bicyclic) bond motifs is 1. The minimum Gasteiger partial charge on any atom is -0.366 e. The Morgan fingerprint density at radius 1 is 1.27 bits per heavy atom. The molecule has 0 aliphatic carbocycles. The molecule has 5 nitrogen and oxygen atoms in total. The molecule has 4 rings (SSSR count). The number of anilines is 1. The molecule has 3 aromatic heterocycles. The van der Waals surface area contributed by atoms with Crippen LogP contribution in [0.3, 0.4) is 0 Å². The lowest BCUT2D eigenvalue weighted by molar-refractivity contribution is 0.788. The van der Waals surface area contributed by atoms with Crippen molar-refractivity contribution in [3.8, 4) is 11.4 Å². The van der Waals surface area contributed by atoms with Crippen molar-refractivity contribution in [3.63, 3.8) is 0 Å². The van der Waals surface area contributed by atoms with Crippen molar-refractivity contribution in [1.29, 1.82) is 0 Å². The molecular weight excluding hydrogens is 298 g/mol. The quantitative estimate of drug-likeness (QED) is 0.781. The second-order valence-corrected chi connectivity index (χ2v) is 5.90. The normalized spacial score (nSPS) is 18.0. The van der Waals surface area contributed by atoms with Crippen LogP contribution >= 0.6 is 11.6 Å². The second kappa shape index (κ2) is 5.59. The van der Waals surface area contributed by atoms with E-state index in [1.807, 2.05) is 47.1 Å². The number of rotatable bonds is 3. The Balaban J connectivity index is 1.70. The Morgan fingerprint density at radius 2 is 2.23 bits per heavy atom. The lowest BCUT2D eigenvalue weighted by Crippen LogP contribution is -2.22. The van der Waals surface area contributed by atoms with Gasteiger partial charge in [-0.3, -0.25) is 4.40 Å². The highest BCUT2D eigenvalue weighted by Gasteiger charge is 2.15. The third-order valence-corrected chi connectivity index (χ3v) is 4.12. The number of imidazole rings is 1. The maximum absolute atomic E-state index is 6.09. The lowest BCUT2D eigenvalue weighted by atomic mass is 10.2. The van der Waals surface area contributed by atoms with Gasteiger partial charge in [0.05, 0.1) is 22.6 Å². The van der Waals surface area contributed by atoms with Crippen molar-refractivity contribution in [2.45, 2.75) is 12.5 Å². The average Bonchev–Trinajstić information content (AvgIpc) is 3.16. The molecule has 1 fully saturated rings. The van der Waals surface area contributed by atoms with E-state index in [4.69, 9.17) is 16.6 Å². The number of halogens is 1. The molecule has 1 aliphatic heterocycles. The molecule has 22 heavy (non-hydrogen) atoms. The summed E-state index contributed by atoms with van der Waals surface area (Å²) in [6, 6.07) is 10.2. The molecule has 1 saturated heterocycles. The maximum Gasteiger partial charge on any atom is 0.137 e. The van der Waals surface area contributed by atoms with Crippen LogP contribution in [0.15, 0.2) is 42.7 Å². The van der Waals surface area contributed by atoms with Crippen LogP contribution in [0, 0.1) is 0 Å². The fraction of sp³-hybridized carbons (Fsp3) is 0.250. The van der Waals surface area contributed by atoms with Gasteiger partial charge in [-0.2, -0.15) is 0 Å². The molecule has 1 aliphatic rings. The molecule has 1 unspecified atom stereocenters. The van der Waals surface area contributed by atoms with Crippen LogP contribution in [-0.4, -0.2) is 33.5 Å². The first-order chi connectivity index (χ1) is 10.8. The molecule has 0 saturated carbocycles. The SMILES string of the molecule is Clc1ccc2ncc(-c3cccc(NC4CCNC4)n3)n2c1. The topological polar surface area (TPSA) is 54.2 Å². The predicted octanol–water partition coefficient (Wildman–Crippen LogP) is 2.82. The zero-order valence-corrected chi connectivity index (χ0v) is 12.7. The third-order valence-electron chi connectivity index (χ3n) is 3.89. The van der Waals surface area contributed by atoms with E-state index in [1.54, 1.807) is 0 Å². The van der Waals surface area contributed by atoms with E-state index < -0.39 is 0 Å². The highest BCUT2D eigenvalue weighted by atomic mass is 35.5. The van der Waals surface area contributed by atoms with Gasteiger partial charge in [-0.05, 0) is 37.2 Å². The molecule has 3 aromatic rings. The number of nitrogens with zero attached hydrogens (tertiary/aromatic N) is 3. The first kappa shape index (κ1) is 13.5. The summed E-state index contributed by atoms with van der Waals surface area (Å²) in [5.74, 6) is 0.892. The zero-order valence-electron chi connectivity index (χ0n) is 12.0. The summed E-state index contributed by atoms with van der Waals surface area (Å²) >= 11 is 6.09. The Bertz CT molecular complexity index is 807. The van der Waals surface area contributed by atoms with Gasteiger partial charge in [0.1, 0.15) is 11.5 Å². The molecule has 0 radical (unpaired) electrons. The van der Waals surface area contributed by atoms with Gasteiger partial charge in [0, 0.05) is 18.8 Å². The van der Waals surface area contributed by atoms with Gasteiger partial charge in [-0.1, -0.05) is 17.7 Å². The van der Waals surface area contributed by atoms with Crippen molar-refractivity contribution in [2.75, 3.05) is 18.4 Å². The van der Waals surface area contributed by atoms with Crippen molar-refractivity contribution in [3.05, 3.63) is 47.7 Å². The number of nitrogens with one attached hydrogen (secondary N) is 2.